The summed E-state index contributed by atoms with van der Waals surface area (Å²) >= 11 is 3.78. The van der Waals surface area contributed by atoms with Crippen molar-refractivity contribution < 1.29 is 0 Å². The van der Waals surface area contributed by atoms with Gasteiger partial charge in [0.25, 0.3) is 0 Å². The van der Waals surface area contributed by atoms with Crippen LogP contribution >= 0.6 is 22.7 Å². The van der Waals surface area contributed by atoms with Gasteiger partial charge in [0.2, 0.25) is 0 Å². The molecule has 0 N–H and O–H groups in total. The number of fused-ring (bicyclic) bond motifs is 14. The Labute approximate surface area is 410 Å². The molecule has 0 atom stereocenters. The minimum absolute atomic E-state index is 0.674. The Bertz CT molecular complexity index is 4540. The first-order valence-corrected chi connectivity index (χ1v) is 25.3. The molecular formula is C64H38N4S2. The zero-order valence-electron chi connectivity index (χ0n) is 37.5. The quantitative estimate of drug-likeness (QED) is 0.167. The van der Waals surface area contributed by atoms with Gasteiger partial charge in [-0.15, -0.1) is 22.7 Å². The second kappa shape index (κ2) is 15.4. The van der Waals surface area contributed by atoms with E-state index in [9.17, 15) is 0 Å². The van der Waals surface area contributed by atoms with E-state index in [1.807, 2.05) is 34.8 Å². The molecule has 0 saturated carbocycles. The molecule has 0 saturated heterocycles. The van der Waals surface area contributed by atoms with Gasteiger partial charge in [-0.1, -0.05) is 158 Å². The molecule has 5 heterocycles. The first-order chi connectivity index (χ1) is 34.7. The molecular weight excluding hydrogens is 889 g/mol. The van der Waals surface area contributed by atoms with Gasteiger partial charge in [0.15, 0.2) is 5.82 Å². The average molecular weight is 927 g/mol. The summed E-state index contributed by atoms with van der Waals surface area (Å²) in [6.07, 6.45) is 0. The van der Waals surface area contributed by atoms with Crippen LogP contribution in [0.25, 0.3) is 140 Å². The molecule has 0 radical (unpaired) electrons. The highest BCUT2D eigenvalue weighted by Gasteiger charge is 2.23. The molecule has 70 heavy (non-hydrogen) atoms. The molecule has 0 amide bonds. The maximum Gasteiger partial charge on any atom is 0.160 e. The Hall–Kier alpha value is -8.68. The highest BCUT2D eigenvalue weighted by atomic mass is 32.1. The van der Waals surface area contributed by atoms with Crippen molar-refractivity contribution in [3.05, 3.63) is 231 Å². The van der Waals surface area contributed by atoms with Crippen molar-refractivity contribution in [1.29, 1.82) is 0 Å². The summed E-state index contributed by atoms with van der Waals surface area (Å²) in [5, 5.41) is 10.3. The summed E-state index contributed by atoms with van der Waals surface area (Å²) < 4.78 is 10.2. The molecule has 10 aromatic carbocycles. The number of rotatable bonds is 6. The van der Waals surface area contributed by atoms with E-state index in [-0.39, 0.29) is 0 Å². The van der Waals surface area contributed by atoms with Crippen LogP contribution in [0.1, 0.15) is 0 Å². The molecule has 6 heteroatoms. The van der Waals surface area contributed by atoms with Gasteiger partial charge in [-0.2, -0.15) is 0 Å². The number of para-hydroxylation sites is 2. The fraction of sp³-hybridized carbons (Fsp3) is 0. The number of benzene rings is 10. The van der Waals surface area contributed by atoms with Crippen LogP contribution < -0.4 is 0 Å². The summed E-state index contributed by atoms with van der Waals surface area (Å²) in [5.41, 5.74) is 13.9. The molecule has 15 rings (SSSR count). The van der Waals surface area contributed by atoms with Crippen molar-refractivity contribution in [2.45, 2.75) is 0 Å². The first-order valence-electron chi connectivity index (χ1n) is 23.6. The minimum atomic E-state index is 0.674. The van der Waals surface area contributed by atoms with Crippen molar-refractivity contribution in [2.75, 3.05) is 0 Å². The van der Waals surface area contributed by atoms with Crippen LogP contribution in [0, 0.1) is 0 Å². The molecule has 0 aliphatic carbocycles. The Balaban J connectivity index is 1.00. The second-order valence-corrected chi connectivity index (χ2v) is 20.2. The summed E-state index contributed by atoms with van der Waals surface area (Å²) in [6.45, 7) is 0. The SMILES string of the molecule is c1ccc(-c2cc(-c3ccccc3)nc(-c3ccc(-n4c5ccccc5c5c6sc7ccccc7c6ccc54)c(-c4cccc(-n5c6ccccc6c6c7sc8ccccc8c7ccc65)c4)c3)n2)cc1. The fourth-order valence-corrected chi connectivity index (χ4v) is 13.5. The molecule has 0 aliphatic rings. The third kappa shape index (κ3) is 5.94. The van der Waals surface area contributed by atoms with Gasteiger partial charge in [-0.3, -0.25) is 0 Å². The number of aromatic nitrogens is 4. The van der Waals surface area contributed by atoms with Crippen LogP contribution in [0.3, 0.4) is 0 Å². The van der Waals surface area contributed by atoms with Gasteiger partial charge in [0.1, 0.15) is 0 Å². The van der Waals surface area contributed by atoms with E-state index in [1.165, 1.54) is 78.4 Å². The molecule has 15 aromatic rings. The summed E-state index contributed by atoms with van der Waals surface area (Å²) in [4.78, 5) is 10.7. The van der Waals surface area contributed by atoms with E-state index < -0.39 is 0 Å². The standard InChI is InChI=1S/C64H38N4S2/c1-3-16-39(17-4-1)51-38-52(40-18-5-2-6-19-40)66-64(65-51)42-30-33-55(68-54-27-12-8-25-49(54)61-57(68)35-32-47-45-23-10-14-29-59(45)70-63(47)61)50(37-42)41-20-15-21-43(36-41)67-53-26-11-7-24-48(53)60-56(67)34-31-46-44-22-9-13-28-58(44)69-62(46)60/h1-38H. The fourth-order valence-electron chi connectivity index (χ4n) is 11.0. The Morgan fingerprint density at radius 1 is 0.314 bits per heavy atom. The summed E-state index contributed by atoms with van der Waals surface area (Å²) in [6, 6.07) is 83.6. The maximum atomic E-state index is 5.33. The Kier molecular flexibility index (Phi) is 8.66. The maximum absolute atomic E-state index is 5.33. The van der Waals surface area contributed by atoms with Crippen LogP contribution in [0.4, 0.5) is 0 Å². The highest BCUT2D eigenvalue weighted by molar-refractivity contribution is 7.27. The monoisotopic (exact) mass is 926 g/mol. The second-order valence-electron chi connectivity index (χ2n) is 18.1. The van der Waals surface area contributed by atoms with Gasteiger partial charge in [-0.05, 0) is 78.4 Å². The normalized spacial score (nSPS) is 12.0. The number of hydrogen-bond acceptors (Lipinski definition) is 4. The molecule has 0 aliphatic heterocycles. The topological polar surface area (TPSA) is 35.6 Å². The number of nitrogens with zero attached hydrogens (tertiary/aromatic N) is 4. The largest absolute Gasteiger partial charge is 0.309 e. The van der Waals surface area contributed by atoms with Crippen LogP contribution in [0.2, 0.25) is 0 Å². The zero-order valence-corrected chi connectivity index (χ0v) is 39.2. The van der Waals surface area contributed by atoms with Crippen LogP contribution in [0.15, 0.2) is 231 Å². The van der Waals surface area contributed by atoms with Gasteiger partial charge in [0.05, 0.1) is 39.1 Å². The third-order valence-electron chi connectivity index (χ3n) is 14.1. The van der Waals surface area contributed by atoms with Crippen molar-refractivity contribution in [3.63, 3.8) is 0 Å². The van der Waals surface area contributed by atoms with Crippen molar-refractivity contribution in [3.8, 4) is 56.4 Å². The van der Waals surface area contributed by atoms with E-state index in [0.29, 0.717) is 5.82 Å². The van der Waals surface area contributed by atoms with Crippen LogP contribution in [0.5, 0.6) is 0 Å². The lowest BCUT2D eigenvalue weighted by Crippen LogP contribution is -2.01. The van der Waals surface area contributed by atoms with Gasteiger partial charge in [0, 0.05) is 89.8 Å². The molecule has 0 fully saturated rings. The summed E-state index contributed by atoms with van der Waals surface area (Å²) in [7, 11) is 0. The van der Waals surface area contributed by atoms with E-state index in [1.54, 1.807) is 0 Å². The number of hydrogen-bond donors (Lipinski definition) is 0. The third-order valence-corrected chi connectivity index (χ3v) is 16.5. The van der Waals surface area contributed by atoms with Gasteiger partial charge >= 0.3 is 0 Å². The van der Waals surface area contributed by atoms with Crippen LogP contribution in [-0.4, -0.2) is 19.1 Å². The molecule has 0 unspecified atom stereocenters. The molecule has 5 aromatic heterocycles. The predicted octanol–water partition coefficient (Wildman–Crippen LogP) is 18.1. The lowest BCUT2D eigenvalue weighted by atomic mass is 9.99. The smallest absolute Gasteiger partial charge is 0.160 e. The molecule has 4 nitrogen and oxygen atoms in total. The number of thiophene rings is 2. The lowest BCUT2D eigenvalue weighted by Gasteiger charge is -2.17. The van der Waals surface area contributed by atoms with E-state index >= 15 is 0 Å². The van der Waals surface area contributed by atoms with E-state index in [2.05, 4.69) is 228 Å². The Morgan fingerprint density at radius 2 is 0.814 bits per heavy atom. The first kappa shape index (κ1) is 39.3. The van der Waals surface area contributed by atoms with Crippen LogP contribution in [-0.2, 0) is 0 Å². The highest BCUT2D eigenvalue weighted by Crippen LogP contribution is 2.47. The predicted molar refractivity (Wildman–Crippen MR) is 298 cm³/mol. The molecule has 0 spiro atoms. The Morgan fingerprint density at radius 3 is 1.41 bits per heavy atom. The zero-order chi connectivity index (χ0) is 45.9. The molecule has 0 bridgehead atoms. The van der Waals surface area contributed by atoms with Crippen molar-refractivity contribution in [2.24, 2.45) is 0 Å². The van der Waals surface area contributed by atoms with Crippen molar-refractivity contribution in [1.82, 2.24) is 19.1 Å². The average Bonchev–Trinajstić information content (AvgIpc) is 4.19. The summed E-state index contributed by atoms with van der Waals surface area (Å²) in [5.74, 6) is 0.674. The van der Waals surface area contributed by atoms with E-state index in [4.69, 9.17) is 9.97 Å². The molecule has 326 valence electrons. The van der Waals surface area contributed by atoms with Crippen molar-refractivity contribution >= 4 is 107 Å². The van der Waals surface area contributed by atoms with E-state index in [0.717, 1.165) is 56.1 Å². The minimum Gasteiger partial charge on any atom is -0.309 e. The van der Waals surface area contributed by atoms with Gasteiger partial charge in [-0.25, -0.2) is 9.97 Å². The lowest BCUT2D eigenvalue weighted by molar-refractivity contribution is 1.16. The van der Waals surface area contributed by atoms with Gasteiger partial charge < -0.3 is 9.13 Å².